The maximum atomic E-state index is 10.7. The molecule has 0 aliphatic heterocycles. The molecule has 0 aromatic carbocycles. The van der Waals surface area contributed by atoms with Crippen LogP contribution in [0.25, 0.3) is 0 Å². The van der Waals surface area contributed by atoms with Crippen molar-refractivity contribution in [2.24, 2.45) is 0 Å². The maximum absolute atomic E-state index is 10.7. The number of methoxy groups -OCH3 is 1. The average molecular weight is 236 g/mol. The van der Waals surface area contributed by atoms with E-state index in [0.29, 0.717) is 39.6 Å². The lowest BCUT2D eigenvalue weighted by Gasteiger charge is -2.05. The van der Waals surface area contributed by atoms with Gasteiger partial charge in [0.05, 0.1) is 59.8 Å². The Hall–Kier alpha value is -0.690. The zero-order valence-electron chi connectivity index (χ0n) is 9.65. The van der Waals surface area contributed by atoms with Gasteiger partial charge in [-0.05, 0) is 0 Å². The van der Waals surface area contributed by atoms with Crippen LogP contribution in [-0.4, -0.2) is 64.4 Å². The van der Waals surface area contributed by atoms with Crippen LogP contribution in [0.1, 0.15) is 6.42 Å². The Labute approximate surface area is 95.4 Å². The molecule has 0 fully saturated rings. The molecule has 16 heavy (non-hydrogen) atoms. The summed E-state index contributed by atoms with van der Waals surface area (Å²) in [6, 6.07) is 0. The minimum absolute atomic E-state index is 0.0244. The summed E-state index contributed by atoms with van der Waals surface area (Å²) in [5.41, 5.74) is 0. The molecule has 0 radical (unpaired) electrons. The van der Waals surface area contributed by atoms with Gasteiger partial charge in [0.15, 0.2) is 0 Å². The van der Waals surface area contributed by atoms with Crippen LogP contribution in [0.2, 0.25) is 0 Å². The van der Waals surface area contributed by atoms with Crippen LogP contribution in [0.5, 0.6) is 0 Å². The Morgan fingerprint density at radius 2 is 1.44 bits per heavy atom. The first kappa shape index (κ1) is 15.3. The normalized spacial score (nSPS) is 10.4. The number of ether oxygens (including phenoxy) is 4. The minimum atomic E-state index is -0.279. The molecule has 6 heteroatoms. The summed E-state index contributed by atoms with van der Waals surface area (Å²) in [7, 11) is 1.35. The third-order valence-corrected chi connectivity index (χ3v) is 1.66. The fourth-order valence-electron chi connectivity index (χ4n) is 0.864. The van der Waals surface area contributed by atoms with E-state index < -0.39 is 0 Å². The number of carbonyl (C=O) groups is 1. The SMILES string of the molecule is COC(=O)CCOCCOCCOCCO. The second-order valence-electron chi connectivity index (χ2n) is 2.89. The number of esters is 1. The van der Waals surface area contributed by atoms with E-state index in [1.54, 1.807) is 0 Å². The molecule has 0 saturated heterocycles. The summed E-state index contributed by atoms with van der Waals surface area (Å²) in [4.78, 5) is 10.7. The molecule has 1 N–H and O–H groups in total. The van der Waals surface area contributed by atoms with Crippen LogP contribution in [-0.2, 0) is 23.7 Å². The largest absolute Gasteiger partial charge is 0.469 e. The van der Waals surface area contributed by atoms with E-state index >= 15 is 0 Å². The number of hydrogen-bond donors (Lipinski definition) is 1. The Morgan fingerprint density at radius 1 is 0.938 bits per heavy atom. The fourth-order valence-corrected chi connectivity index (χ4v) is 0.864. The topological polar surface area (TPSA) is 74.2 Å². The monoisotopic (exact) mass is 236 g/mol. The van der Waals surface area contributed by atoms with E-state index in [1.165, 1.54) is 7.11 Å². The Balaban J connectivity index is 2.96. The van der Waals surface area contributed by atoms with Gasteiger partial charge in [0.2, 0.25) is 0 Å². The highest BCUT2D eigenvalue weighted by atomic mass is 16.5. The Kier molecular flexibility index (Phi) is 11.8. The van der Waals surface area contributed by atoms with Crippen molar-refractivity contribution < 1.29 is 28.8 Å². The van der Waals surface area contributed by atoms with Crippen LogP contribution in [0.4, 0.5) is 0 Å². The lowest BCUT2D eigenvalue weighted by molar-refractivity contribution is -0.141. The quantitative estimate of drug-likeness (QED) is 0.388. The summed E-state index contributed by atoms with van der Waals surface area (Å²) in [5.74, 6) is -0.279. The van der Waals surface area contributed by atoms with Crippen LogP contribution in [0.3, 0.4) is 0 Å². The molecule has 0 bridgehead atoms. The van der Waals surface area contributed by atoms with E-state index in [-0.39, 0.29) is 19.0 Å². The zero-order valence-corrected chi connectivity index (χ0v) is 9.65. The van der Waals surface area contributed by atoms with E-state index in [2.05, 4.69) is 4.74 Å². The zero-order chi connectivity index (χ0) is 12.1. The summed E-state index contributed by atoms with van der Waals surface area (Å²) >= 11 is 0. The van der Waals surface area contributed by atoms with Crippen LogP contribution >= 0.6 is 0 Å². The van der Waals surface area contributed by atoms with Gasteiger partial charge < -0.3 is 24.1 Å². The van der Waals surface area contributed by atoms with Crippen molar-refractivity contribution in [1.29, 1.82) is 0 Å². The lowest BCUT2D eigenvalue weighted by Crippen LogP contribution is -2.12. The molecule has 0 rings (SSSR count). The van der Waals surface area contributed by atoms with Gasteiger partial charge in [-0.15, -0.1) is 0 Å². The molecule has 0 aromatic rings. The molecule has 0 saturated carbocycles. The van der Waals surface area contributed by atoms with Gasteiger partial charge in [-0.1, -0.05) is 0 Å². The van der Waals surface area contributed by atoms with Crippen LogP contribution in [0.15, 0.2) is 0 Å². The van der Waals surface area contributed by atoms with Gasteiger partial charge in [0, 0.05) is 0 Å². The van der Waals surface area contributed by atoms with Crippen molar-refractivity contribution in [3.05, 3.63) is 0 Å². The average Bonchev–Trinajstić information content (AvgIpc) is 2.31. The Morgan fingerprint density at radius 3 is 1.94 bits per heavy atom. The number of hydrogen-bond acceptors (Lipinski definition) is 6. The van der Waals surface area contributed by atoms with Crippen molar-refractivity contribution in [1.82, 2.24) is 0 Å². The molecular weight excluding hydrogens is 216 g/mol. The molecule has 0 heterocycles. The third-order valence-electron chi connectivity index (χ3n) is 1.66. The molecule has 6 nitrogen and oxygen atoms in total. The maximum Gasteiger partial charge on any atom is 0.307 e. The van der Waals surface area contributed by atoms with Crippen molar-refractivity contribution in [3.8, 4) is 0 Å². The predicted octanol–water partition coefficient (Wildman–Crippen LogP) is -0.408. The highest BCUT2D eigenvalue weighted by Crippen LogP contribution is 1.87. The summed E-state index contributed by atoms with van der Waals surface area (Å²) in [5, 5.41) is 8.41. The van der Waals surface area contributed by atoms with Crippen molar-refractivity contribution in [2.75, 3.05) is 53.4 Å². The molecule has 0 aromatic heterocycles. The summed E-state index contributed by atoms with van der Waals surface area (Å²) in [6.45, 7) is 2.54. The van der Waals surface area contributed by atoms with Crippen LogP contribution < -0.4 is 0 Å². The molecule has 96 valence electrons. The van der Waals surface area contributed by atoms with Gasteiger partial charge in [-0.25, -0.2) is 0 Å². The van der Waals surface area contributed by atoms with Gasteiger partial charge in [0.25, 0.3) is 0 Å². The standard InChI is InChI=1S/C10H20O6/c1-13-10(12)2-4-14-6-8-16-9-7-15-5-3-11/h11H,2-9H2,1H3. The summed E-state index contributed by atoms with van der Waals surface area (Å²) < 4.78 is 19.7. The second kappa shape index (κ2) is 12.4. The second-order valence-corrected chi connectivity index (χ2v) is 2.89. The molecule has 0 spiro atoms. The fraction of sp³-hybridized carbons (Fsp3) is 0.900. The summed E-state index contributed by atoms with van der Waals surface area (Å²) in [6.07, 6.45) is 0.260. The van der Waals surface area contributed by atoms with E-state index in [4.69, 9.17) is 19.3 Å². The minimum Gasteiger partial charge on any atom is -0.469 e. The number of aliphatic hydroxyl groups excluding tert-OH is 1. The Bertz CT molecular complexity index is 161. The third kappa shape index (κ3) is 11.4. The smallest absolute Gasteiger partial charge is 0.307 e. The van der Waals surface area contributed by atoms with Gasteiger partial charge in [-0.2, -0.15) is 0 Å². The van der Waals surface area contributed by atoms with Crippen LogP contribution in [0, 0.1) is 0 Å². The molecular formula is C10H20O6. The lowest BCUT2D eigenvalue weighted by atomic mass is 10.5. The van der Waals surface area contributed by atoms with Gasteiger partial charge in [-0.3, -0.25) is 4.79 Å². The molecule has 0 aliphatic carbocycles. The molecule has 0 aliphatic rings. The highest BCUT2D eigenvalue weighted by Gasteiger charge is 1.98. The predicted molar refractivity (Wildman–Crippen MR) is 56.2 cm³/mol. The van der Waals surface area contributed by atoms with Gasteiger partial charge >= 0.3 is 5.97 Å². The van der Waals surface area contributed by atoms with E-state index in [0.717, 1.165) is 0 Å². The molecule has 0 amide bonds. The molecule has 0 unspecified atom stereocenters. The van der Waals surface area contributed by atoms with Crippen molar-refractivity contribution >= 4 is 5.97 Å². The molecule has 0 atom stereocenters. The van der Waals surface area contributed by atoms with Crippen molar-refractivity contribution in [3.63, 3.8) is 0 Å². The first-order chi connectivity index (χ1) is 7.81. The number of carbonyl (C=O) groups excluding carboxylic acids is 1. The first-order valence-electron chi connectivity index (χ1n) is 5.22. The van der Waals surface area contributed by atoms with Gasteiger partial charge in [0.1, 0.15) is 0 Å². The number of aliphatic hydroxyl groups is 1. The van der Waals surface area contributed by atoms with Crippen molar-refractivity contribution in [2.45, 2.75) is 6.42 Å². The number of rotatable bonds is 11. The van der Waals surface area contributed by atoms with E-state index in [9.17, 15) is 4.79 Å². The first-order valence-corrected chi connectivity index (χ1v) is 5.22. The van der Waals surface area contributed by atoms with E-state index in [1.807, 2.05) is 0 Å². The highest BCUT2D eigenvalue weighted by molar-refractivity contribution is 5.69.